The Bertz CT molecular complexity index is 553. The number of halogens is 3. The van der Waals surface area contributed by atoms with Crippen LogP contribution in [-0.2, 0) is 16.0 Å². The Balaban J connectivity index is 3.08. The van der Waals surface area contributed by atoms with E-state index in [-0.39, 0.29) is 5.75 Å². The first kappa shape index (κ1) is 17.0. The zero-order chi connectivity index (χ0) is 15.6. The summed E-state index contributed by atoms with van der Waals surface area (Å²) in [6.07, 6.45) is -4.44. The van der Waals surface area contributed by atoms with Gasteiger partial charge in [0.2, 0.25) is 0 Å². The zero-order valence-electron chi connectivity index (χ0n) is 11.5. The molecule has 0 radical (unpaired) electrons. The number of hydrogen-bond donors (Lipinski definition) is 1. The van der Waals surface area contributed by atoms with Crippen LogP contribution in [-0.4, -0.2) is 26.5 Å². The van der Waals surface area contributed by atoms with E-state index in [4.69, 9.17) is 0 Å². The van der Waals surface area contributed by atoms with Gasteiger partial charge in [-0.05, 0) is 38.6 Å². The SMILES string of the molecule is CNC(CS(=O)(=O)C(C)C)c1cccc(C(F)(F)F)c1. The van der Waals surface area contributed by atoms with Gasteiger partial charge in [-0.25, -0.2) is 8.42 Å². The van der Waals surface area contributed by atoms with Crippen molar-refractivity contribution in [3.8, 4) is 0 Å². The smallest absolute Gasteiger partial charge is 0.312 e. The zero-order valence-corrected chi connectivity index (χ0v) is 12.3. The van der Waals surface area contributed by atoms with E-state index in [1.165, 1.54) is 19.2 Å². The van der Waals surface area contributed by atoms with Crippen molar-refractivity contribution in [3.05, 3.63) is 35.4 Å². The van der Waals surface area contributed by atoms with E-state index < -0.39 is 32.9 Å². The fraction of sp³-hybridized carbons (Fsp3) is 0.538. The van der Waals surface area contributed by atoms with Crippen LogP contribution in [0.2, 0.25) is 0 Å². The Labute approximate surface area is 117 Å². The molecule has 1 N–H and O–H groups in total. The summed E-state index contributed by atoms with van der Waals surface area (Å²) < 4.78 is 61.8. The van der Waals surface area contributed by atoms with Crippen LogP contribution < -0.4 is 5.32 Å². The third-order valence-electron chi connectivity index (χ3n) is 3.08. The highest BCUT2D eigenvalue weighted by molar-refractivity contribution is 7.92. The lowest BCUT2D eigenvalue weighted by atomic mass is 10.1. The number of rotatable bonds is 5. The molecule has 0 heterocycles. The molecule has 20 heavy (non-hydrogen) atoms. The van der Waals surface area contributed by atoms with Gasteiger partial charge in [-0.1, -0.05) is 12.1 Å². The molecular formula is C13H18F3NO2S. The Hall–Kier alpha value is -1.08. The van der Waals surface area contributed by atoms with Crippen molar-refractivity contribution in [2.24, 2.45) is 0 Å². The predicted octanol–water partition coefficient (Wildman–Crippen LogP) is 2.79. The van der Waals surface area contributed by atoms with Gasteiger partial charge in [-0.15, -0.1) is 0 Å². The first-order valence-electron chi connectivity index (χ1n) is 6.14. The van der Waals surface area contributed by atoms with Crippen molar-refractivity contribution in [1.82, 2.24) is 5.32 Å². The Morgan fingerprint density at radius 1 is 1.25 bits per heavy atom. The number of alkyl halides is 3. The van der Waals surface area contributed by atoms with Crippen LogP contribution in [0.5, 0.6) is 0 Å². The van der Waals surface area contributed by atoms with Gasteiger partial charge in [0.05, 0.1) is 16.6 Å². The van der Waals surface area contributed by atoms with E-state index >= 15 is 0 Å². The second kappa shape index (κ2) is 6.13. The standard InChI is InChI=1S/C13H18F3NO2S/c1-9(2)20(18,19)8-12(17-3)10-5-4-6-11(7-10)13(14,15)16/h4-7,9,12,17H,8H2,1-3H3. The molecule has 114 valence electrons. The summed E-state index contributed by atoms with van der Waals surface area (Å²) in [7, 11) is -1.82. The third-order valence-corrected chi connectivity index (χ3v) is 5.32. The van der Waals surface area contributed by atoms with Crippen molar-refractivity contribution >= 4 is 9.84 Å². The number of sulfone groups is 1. The highest BCUT2D eigenvalue weighted by Crippen LogP contribution is 2.31. The summed E-state index contributed by atoms with van der Waals surface area (Å²) in [5.41, 5.74) is -0.469. The molecule has 1 unspecified atom stereocenters. The highest BCUT2D eigenvalue weighted by atomic mass is 32.2. The maximum atomic E-state index is 12.7. The minimum Gasteiger partial charge on any atom is -0.312 e. The molecule has 0 saturated heterocycles. The fourth-order valence-electron chi connectivity index (χ4n) is 1.70. The molecule has 0 aliphatic carbocycles. The first-order chi connectivity index (χ1) is 9.08. The summed E-state index contributed by atoms with van der Waals surface area (Å²) in [5.74, 6) is -0.234. The van der Waals surface area contributed by atoms with E-state index in [2.05, 4.69) is 5.32 Å². The third kappa shape index (κ3) is 4.21. The lowest BCUT2D eigenvalue weighted by Crippen LogP contribution is -2.29. The topological polar surface area (TPSA) is 46.2 Å². The molecule has 1 rings (SSSR count). The van der Waals surface area contributed by atoms with E-state index in [9.17, 15) is 21.6 Å². The molecular weight excluding hydrogens is 291 g/mol. The van der Waals surface area contributed by atoms with Crippen molar-refractivity contribution in [3.63, 3.8) is 0 Å². The average molecular weight is 309 g/mol. The van der Waals surface area contributed by atoms with Gasteiger partial charge in [0, 0.05) is 6.04 Å². The summed E-state index contributed by atoms with van der Waals surface area (Å²) in [6, 6.07) is 4.06. The maximum Gasteiger partial charge on any atom is 0.416 e. The minimum atomic E-state index is -4.44. The average Bonchev–Trinajstić information content (AvgIpc) is 2.35. The molecule has 0 aliphatic heterocycles. The minimum absolute atomic E-state index is 0.234. The van der Waals surface area contributed by atoms with Gasteiger partial charge >= 0.3 is 6.18 Å². The molecule has 0 aliphatic rings. The first-order valence-corrected chi connectivity index (χ1v) is 7.85. The molecule has 3 nitrogen and oxygen atoms in total. The van der Waals surface area contributed by atoms with Crippen molar-refractivity contribution in [1.29, 1.82) is 0 Å². The van der Waals surface area contributed by atoms with Gasteiger partial charge in [-0.3, -0.25) is 0 Å². The molecule has 0 bridgehead atoms. The molecule has 0 saturated carbocycles. The van der Waals surface area contributed by atoms with Crippen molar-refractivity contribution < 1.29 is 21.6 Å². The molecule has 0 aromatic heterocycles. The lowest BCUT2D eigenvalue weighted by Gasteiger charge is -2.19. The van der Waals surface area contributed by atoms with E-state index in [1.807, 2.05) is 0 Å². The normalized spacial score (nSPS) is 14.6. The Morgan fingerprint density at radius 3 is 2.30 bits per heavy atom. The molecule has 1 aromatic rings. The Kier molecular flexibility index (Phi) is 5.21. The number of nitrogens with one attached hydrogen (secondary N) is 1. The number of benzene rings is 1. The van der Waals surface area contributed by atoms with Crippen LogP contribution in [0.15, 0.2) is 24.3 Å². The predicted molar refractivity (Wildman–Crippen MR) is 72.2 cm³/mol. The van der Waals surface area contributed by atoms with Crippen molar-refractivity contribution in [2.45, 2.75) is 31.3 Å². The Morgan fingerprint density at radius 2 is 1.85 bits per heavy atom. The quantitative estimate of drug-likeness (QED) is 0.910. The van der Waals surface area contributed by atoms with Gasteiger partial charge in [0.15, 0.2) is 9.84 Å². The summed E-state index contributed by atoms with van der Waals surface area (Å²) in [6.45, 7) is 3.10. The van der Waals surface area contributed by atoms with E-state index in [0.717, 1.165) is 12.1 Å². The van der Waals surface area contributed by atoms with Crippen LogP contribution in [0.1, 0.15) is 31.0 Å². The van der Waals surface area contributed by atoms with Crippen LogP contribution in [0.4, 0.5) is 13.2 Å². The van der Waals surface area contributed by atoms with Gasteiger partial charge in [0.25, 0.3) is 0 Å². The largest absolute Gasteiger partial charge is 0.416 e. The molecule has 0 spiro atoms. The molecule has 7 heteroatoms. The summed E-state index contributed by atoms with van der Waals surface area (Å²) >= 11 is 0. The van der Waals surface area contributed by atoms with Crippen molar-refractivity contribution in [2.75, 3.05) is 12.8 Å². The van der Waals surface area contributed by atoms with Crippen LogP contribution in [0.3, 0.4) is 0 Å². The van der Waals surface area contributed by atoms with Crippen LogP contribution in [0, 0.1) is 0 Å². The summed E-state index contributed by atoms with van der Waals surface area (Å²) in [5, 5.41) is 2.20. The van der Waals surface area contributed by atoms with Crippen LogP contribution >= 0.6 is 0 Å². The summed E-state index contributed by atoms with van der Waals surface area (Å²) in [4.78, 5) is 0. The monoisotopic (exact) mass is 309 g/mol. The van der Waals surface area contributed by atoms with Crippen LogP contribution in [0.25, 0.3) is 0 Å². The highest BCUT2D eigenvalue weighted by Gasteiger charge is 2.31. The molecule has 0 amide bonds. The van der Waals surface area contributed by atoms with Gasteiger partial charge in [0.1, 0.15) is 0 Å². The lowest BCUT2D eigenvalue weighted by molar-refractivity contribution is -0.137. The fourth-order valence-corrected chi connectivity index (χ4v) is 2.91. The van der Waals surface area contributed by atoms with E-state index in [0.29, 0.717) is 5.56 Å². The van der Waals surface area contributed by atoms with Gasteiger partial charge < -0.3 is 5.32 Å². The maximum absolute atomic E-state index is 12.7. The molecule has 1 aromatic carbocycles. The second-order valence-corrected chi connectivity index (χ2v) is 7.44. The van der Waals surface area contributed by atoms with E-state index in [1.54, 1.807) is 13.8 Å². The number of hydrogen-bond acceptors (Lipinski definition) is 3. The molecule has 0 fully saturated rings. The molecule has 1 atom stereocenters. The van der Waals surface area contributed by atoms with Gasteiger partial charge in [-0.2, -0.15) is 13.2 Å². The second-order valence-electron chi connectivity index (χ2n) is 4.84.